The topological polar surface area (TPSA) is 34.1 Å². The quantitative estimate of drug-likeness (QED) is 0.286. The molecule has 0 fully saturated rings. The average Bonchev–Trinajstić information content (AvgIpc) is 2.28. The van der Waals surface area contributed by atoms with Gasteiger partial charge in [-0.3, -0.25) is 0 Å². The maximum atomic E-state index is 13.4. The van der Waals surface area contributed by atoms with E-state index in [1.807, 2.05) is 13.3 Å². The van der Waals surface area contributed by atoms with Crippen LogP contribution in [0.25, 0.3) is 0 Å². The highest BCUT2D eigenvalue weighted by molar-refractivity contribution is 7.65. The lowest BCUT2D eigenvalue weighted by molar-refractivity contribution is 0.328. The van der Waals surface area contributed by atoms with Gasteiger partial charge in [0.05, 0.1) is 14.3 Å². The summed E-state index contributed by atoms with van der Waals surface area (Å²) in [7, 11) is -4.48. The van der Waals surface area contributed by atoms with Gasteiger partial charge < -0.3 is 9.13 Å². The van der Waals surface area contributed by atoms with Crippen LogP contribution in [0.15, 0.2) is 0 Å². The molecule has 0 saturated carbocycles. The smallest absolute Gasteiger partial charge is 0.0901 e. The Balaban J connectivity index is 4.79. The summed E-state index contributed by atoms with van der Waals surface area (Å²) in [4.78, 5) is 0. The Morgan fingerprint density at radius 1 is 0.538 bits per heavy atom. The predicted octanol–water partition coefficient (Wildman–Crippen LogP) is 8.18. The first-order valence-electron chi connectivity index (χ1n) is 10.3. The molecule has 158 valence electrons. The zero-order valence-corrected chi connectivity index (χ0v) is 21.7. The molecule has 0 aliphatic heterocycles. The molecule has 0 aromatic carbocycles. The van der Waals surface area contributed by atoms with Crippen molar-refractivity contribution in [1.29, 1.82) is 0 Å². The molecule has 0 aliphatic rings. The number of hydrogen-bond acceptors (Lipinski definition) is 2. The molecule has 0 rings (SSSR count). The summed E-state index contributed by atoms with van der Waals surface area (Å²) in [6.45, 7) is 25.9. The minimum Gasteiger partial charge on any atom is -0.323 e. The van der Waals surface area contributed by atoms with Crippen molar-refractivity contribution in [3.05, 3.63) is 0 Å². The Morgan fingerprint density at radius 3 is 0.962 bits per heavy atom. The molecule has 26 heavy (non-hydrogen) atoms. The molecule has 0 bridgehead atoms. The van der Waals surface area contributed by atoms with E-state index in [1.165, 1.54) is 0 Å². The molecule has 0 aromatic heterocycles. The van der Waals surface area contributed by atoms with Crippen LogP contribution in [0.5, 0.6) is 0 Å². The van der Waals surface area contributed by atoms with Crippen molar-refractivity contribution in [2.24, 2.45) is 10.8 Å². The van der Waals surface area contributed by atoms with Gasteiger partial charge in [0.1, 0.15) is 0 Å². The van der Waals surface area contributed by atoms with Crippen LogP contribution in [0.3, 0.4) is 0 Å². The number of rotatable bonds is 9. The van der Waals surface area contributed by atoms with Crippen molar-refractivity contribution in [2.45, 2.75) is 105 Å². The Labute approximate surface area is 165 Å². The van der Waals surface area contributed by atoms with Gasteiger partial charge in [0.2, 0.25) is 0 Å². The largest absolute Gasteiger partial charge is 0.323 e. The van der Waals surface area contributed by atoms with Crippen LogP contribution >= 0.6 is 14.3 Å². The Morgan fingerprint density at radius 2 is 0.769 bits per heavy atom. The van der Waals surface area contributed by atoms with E-state index in [9.17, 15) is 9.13 Å². The van der Waals surface area contributed by atoms with E-state index in [0.29, 0.717) is 0 Å². The van der Waals surface area contributed by atoms with Gasteiger partial charge in [-0.25, -0.2) is 0 Å². The monoisotopic (exact) mass is 406 g/mol. The van der Waals surface area contributed by atoms with Gasteiger partial charge in [-0.05, 0) is 49.8 Å². The summed E-state index contributed by atoms with van der Waals surface area (Å²) in [5.74, 6) is 0. The highest BCUT2D eigenvalue weighted by atomic mass is 31.2. The maximum absolute atomic E-state index is 13.4. The van der Waals surface area contributed by atoms with E-state index in [1.54, 1.807) is 0 Å². The molecule has 0 radical (unpaired) electrons. The molecular formula is C22H48O2P2. The van der Waals surface area contributed by atoms with Crippen LogP contribution in [0.1, 0.15) is 94.9 Å². The minimum absolute atomic E-state index is 0.132. The number of unbranched alkanes of at least 4 members (excludes halogenated alkanes) is 1. The van der Waals surface area contributed by atoms with Crippen molar-refractivity contribution in [3.63, 3.8) is 0 Å². The molecule has 0 aromatic rings. The van der Waals surface area contributed by atoms with Gasteiger partial charge in [-0.15, -0.1) is 0 Å². The normalized spacial score (nSPS) is 19.1. The highest BCUT2D eigenvalue weighted by Crippen LogP contribution is 2.61. The zero-order valence-electron chi connectivity index (χ0n) is 20.0. The maximum Gasteiger partial charge on any atom is 0.0901 e. The van der Waals surface area contributed by atoms with E-state index < -0.39 is 14.3 Å². The minimum atomic E-state index is -2.24. The molecule has 0 spiro atoms. The van der Waals surface area contributed by atoms with Crippen LogP contribution < -0.4 is 0 Å². The summed E-state index contributed by atoms with van der Waals surface area (Å²) in [5.41, 5.74) is 0.372. The molecule has 0 saturated heterocycles. The lowest BCUT2D eigenvalue weighted by atomic mass is 9.86. The van der Waals surface area contributed by atoms with Gasteiger partial charge in [-0.1, -0.05) is 69.2 Å². The lowest BCUT2D eigenvalue weighted by Crippen LogP contribution is -2.29. The van der Waals surface area contributed by atoms with Crippen LogP contribution in [0, 0.1) is 10.8 Å². The van der Waals surface area contributed by atoms with E-state index in [-0.39, 0.29) is 21.1 Å². The standard InChI is InChI=1S/C22H48O2P2/c1-19(2,3)17-21(7,8)25(11,23)15-13-14-16-26(12,24)22(9,10)18-20(4,5)6/h13-18H2,1-12H3/t25-,26-/m1/s1. The molecule has 2 nitrogen and oxygen atoms in total. The highest BCUT2D eigenvalue weighted by Gasteiger charge is 2.40. The second-order valence-electron chi connectivity index (χ2n) is 12.5. The van der Waals surface area contributed by atoms with Gasteiger partial charge in [-0.2, -0.15) is 0 Å². The molecule has 0 amide bonds. The third kappa shape index (κ3) is 8.65. The fourth-order valence-electron chi connectivity index (χ4n) is 4.36. The summed E-state index contributed by atoms with van der Waals surface area (Å²) in [6, 6.07) is 0. The van der Waals surface area contributed by atoms with Crippen molar-refractivity contribution in [1.82, 2.24) is 0 Å². The predicted molar refractivity (Wildman–Crippen MR) is 122 cm³/mol. The first-order chi connectivity index (χ1) is 11.1. The zero-order chi connectivity index (χ0) is 21.2. The molecule has 0 N–H and O–H groups in total. The fraction of sp³-hybridized carbons (Fsp3) is 1.00. The van der Waals surface area contributed by atoms with Crippen LogP contribution in [0.2, 0.25) is 0 Å². The first-order valence-corrected chi connectivity index (χ1v) is 14.9. The second-order valence-corrected chi connectivity index (χ2v) is 20.2. The molecule has 4 heteroatoms. The summed E-state index contributed by atoms with van der Waals surface area (Å²) in [5, 5.41) is -0.265. The Kier molecular flexibility index (Phi) is 8.60. The van der Waals surface area contributed by atoms with Crippen molar-refractivity contribution in [2.75, 3.05) is 25.7 Å². The second kappa shape index (κ2) is 8.45. The van der Waals surface area contributed by atoms with E-state index in [4.69, 9.17) is 0 Å². The summed E-state index contributed by atoms with van der Waals surface area (Å²) in [6.07, 6.45) is 5.33. The van der Waals surface area contributed by atoms with Gasteiger partial charge in [0.15, 0.2) is 0 Å². The molecule has 2 atom stereocenters. The summed E-state index contributed by atoms with van der Waals surface area (Å²) >= 11 is 0. The summed E-state index contributed by atoms with van der Waals surface area (Å²) < 4.78 is 26.7. The Bertz CT molecular complexity index is 495. The SMILES string of the molecule is CC(C)(C)CC(C)(C)[P@](C)(=O)CCCC[P@@](C)(=O)C(C)(C)CC(C)(C)C. The van der Waals surface area contributed by atoms with E-state index in [2.05, 4.69) is 69.2 Å². The van der Waals surface area contributed by atoms with Crippen molar-refractivity contribution < 1.29 is 9.13 Å². The van der Waals surface area contributed by atoms with Crippen molar-refractivity contribution in [3.8, 4) is 0 Å². The van der Waals surface area contributed by atoms with Crippen LogP contribution in [0.4, 0.5) is 0 Å². The van der Waals surface area contributed by atoms with E-state index >= 15 is 0 Å². The van der Waals surface area contributed by atoms with Gasteiger partial charge in [0, 0.05) is 22.6 Å². The Hall–Kier alpha value is 0.460. The third-order valence-electron chi connectivity index (χ3n) is 5.91. The fourth-order valence-corrected chi connectivity index (χ4v) is 8.84. The molecule has 0 unspecified atom stereocenters. The van der Waals surface area contributed by atoms with E-state index in [0.717, 1.165) is 38.0 Å². The molecular weight excluding hydrogens is 358 g/mol. The van der Waals surface area contributed by atoms with Crippen LogP contribution in [-0.2, 0) is 9.13 Å². The third-order valence-corrected chi connectivity index (χ3v) is 13.7. The molecule has 0 heterocycles. The lowest BCUT2D eigenvalue weighted by Gasteiger charge is -2.38. The van der Waals surface area contributed by atoms with Gasteiger partial charge >= 0.3 is 0 Å². The first kappa shape index (κ1) is 26.5. The molecule has 0 aliphatic carbocycles. The van der Waals surface area contributed by atoms with Crippen molar-refractivity contribution >= 4 is 14.3 Å². The van der Waals surface area contributed by atoms with Gasteiger partial charge in [0.25, 0.3) is 0 Å². The van der Waals surface area contributed by atoms with Crippen LogP contribution in [-0.4, -0.2) is 36.0 Å². The number of hydrogen-bond donors (Lipinski definition) is 0. The average molecular weight is 407 g/mol.